The molecule has 0 amide bonds. The molecule has 7 heteroatoms. The molecule has 1 aromatic rings. The Morgan fingerprint density at radius 2 is 1.90 bits per heavy atom. The van der Waals surface area contributed by atoms with Crippen molar-refractivity contribution in [2.24, 2.45) is 0 Å². The quantitative estimate of drug-likeness (QED) is 0.908. The molecular formula is C13H18F3NO2S. The monoisotopic (exact) mass is 309 g/mol. The molecule has 0 aromatic heterocycles. The number of rotatable bonds is 5. The highest BCUT2D eigenvalue weighted by molar-refractivity contribution is 7.91. The molecule has 0 heterocycles. The average molecular weight is 309 g/mol. The van der Waals surface area contributed by atoms with E-state index >= 15 is 0 Å². The van der Waals surface area contributed by atoms with E-state index in [0.29, 0.717) is 11.3 Å². The first-order valence-electron chi connectivity index (χ1n) is 6.20. The van der Waals surface area contributed by atoms with Crippen molar-refractivity contribution in [2.45, 2.75) is 33.0 Å². The molecule has 1 atom stereocenters. The lowest BCUT2D eigenvalue weighted by molar-refractivity contribution is -0.137. The number of benzene rings is 1. The predicted octanol–water partition coefficient (Wildman–Crippen LogP) is 3.25. The van der Waals surface area contributed by atoms with Crippen LogP contribution in [0.15, 0.2) is 18.2 Å². The Morgan fingerprint density at radius 3 is 2.40 bits per heavy atom. The lowest BCUT2D eigenvalue weighted by Gasteiger charge is -2.18. The fourth-order valence-corrected chi connectivity index (χ4v) is 2.84. The van der Waals surface area contributed by atoms with Gasteiger partial charge in [-0.05, 0) is 31.5 Å². The van der Waals surface area contributed by atoms with Crippen LogP contribution in [-0.2, 0) is 16.0 Å². The fraction of sp³-hybridized carbons (Fsp3) is 0.538. The van der Waals surface area contributed by atoms with Crippen molar-refractivity contribution < 1.29 is 21.6 Å². The summed E-state index contributed by atoms with van der Waals surface area (Å²) in [5, 5.41) is 2.83. The van der Waals surface area contributed by atoms with Crippen LogP contribution in [-0.4, -0.2) is 26.0 Å². The summed E-state index contributed by atoms with van der Waals surface area (Å²) in [7, 11) is -3.17. The Kier molecular flexibility index (Phi) is 5.07. The molecule has 0 fully saturated rings. The van der Waals surface area contributed by atoms with Crippen LogP contribution >= 0.6 is 0 Å². The van der Waals surface area contributed by atoms with Crippen LogP contribution in [0.4, 0.5) is 18.9 Å². The third-order valence-electron chi connectivity index (χ3n) is 2.91. The van der Waals surface area contributed by atoms with Gasteiger partial charge in [0.1, 0.15) is 0 Å². The molecule has 1 rings (SSSR count). The topological polar surface area (TPSA) is 46.2 Å². The van der Waals surface area contributed by atoms with E-state index in [1.807, 2.05) is 0 Å². The van der Waals surface area contributed by atoms with Crippen LogP contribution in [0, 0.1) is 6.92 Å². The molecule has 1 N–H and O–H groups in total. The van der Waals surface area contributed by atoms with Gasteiger partial charge in [0.25, 0.3) is 0 Å². The van der Waals surface area contributed by atoms with Gasteiger partial charge >= 0.3 is 6.18 Å². The normalized spacial score (nSPS) is 14.1. The summed E-state index contributed by atoms with van der Waals surface area (Å²) >= 11 is 0. The standard InChI is InChI=1S/C13H18F3NO2S/c1-4-20(18,19)8-10(3)17-12-7-11(13(14,15)16)6-5-9(12)2/h5-7,10,17H,4,8H2,1-3H3. The number of anilines is 1. The summed E-state index contributed by atoms with van der Waals surface area (Å²) in [6.07, 6.45) is -4.41. The molecule has 114 valence electrons. The van der Waals surface area contributed by atoms with Crippen LogP contribution in [0.1, 0.15) is 25.0 Å². The van der Waals surface area contributed by atoms with Gasteiger partial charge in [0.05, 0.1) is 11.3 Å². The SMILES string of the molecule is CCS(=O)(=O)CC(C)Nc1cc(C(F)(F)F)ccc1C. The highest BCUT2D eigenvalue weighted by atomic mass is 32.2. The molecule has 20 heavy (non-hydrogen) atoms. The first-order chi connectivity index (χ1) is 9.05. The van der Waals surface area contributed by atoms with E-state index in [9.17, 15) is 21.6 Å². The van der Waals surface area contributed by atoms with Gasteiger partial charge in [-0.15, -0.1) is 0 Å². The van der Waals surface area contributed by atoms with E-state index in [1.54, 1.807) is 13.8 Å². The first kappa shape index (κ1) is 16.8. The molecule has 0 saturated heterocycles. The molecule has 0 aliphatic heterocycles. The number of sulfone groups is 1. The highest BCUT2D eigenvalue weighted by Gasteiger charge is 2.31. The molecule has 0 spiro atoms. The van der Waals surface area contributed by atoms with E-state index in [1.165, 1.54) is 13.0 Å². The van der Waals surface area contributed by atoms with Crippen molar-refractivity contribution in [3.8, 4) is 0 Å². The molecule has 1 aromatic carbocycles. The molecule has 3 nitrogen and oxygen atoms in total. The maximum atomic E-state index is 12.6. The van der Waals surface area contributed by atoms with Crippen molar-refractivity contribution in [1.82, 2.24) is 0 Å². The van der Waals surface area contributed by atoms with Gasteiger partial charge in [-0.2, -0.15) is 13.2 Å². The summed E-state index contributed by atoms with van der Waals surface area (Å²) in [4.78, 5) is 0. The van der Waals surface area contributed by atoms with E-state index in [2.05, 4.69) is 5.32 Å². The van der Waals surface area contributed by atoms with Crippen LogP contribution in [0.3, 0.4) is 0 Å². The van der Waals surface area contributed by atoms with E-state index < -0.39 is 27.6 Å². The Labute approximate surface area is 117 Å². The smallest absolute Gasteiger partial charge is 0.381 e. The lowest BCUT2D eigenvalue weighted by atomic mass is 10.1. The van der Waals surface area contributed by atoms with Crippen molar-refractivity contribution in [2.75, 3.05) is 16.8 Å². The molecular weight excluding hydrogens is 291 g/mol. The highest BCUT2D eigenvalue weighted by Crippen LogP contribution is 2.32. The van der Waals surface area contributed by atoms with E-state index in [-0.39, 0.29) is 11.5 Å². The minimum Gasteiger partial charge on any atom is -0.381 e. The number of hydrogen-bond donors (Lipinski definition) is 1. The van der Waals surface area contributed by atoms with Crippen LogP contribution in [0.2, 0.25) is 0 Å². The number of nitrogens with one attached hydrogen (secondary N) is 1. The summed E-state index contributed by atoms with van der Waals surface area (Å²) in [5.74, 6) is -0.0974. The second-order valence-corrected chi connectivity index (χ2v) is 7.17. The Balaban J connectivity index is 2.92. The van der Waals surface area contributed by atoms with Crippen LogP contribution in [0.5, 0.6) is 0 Å². The van der Waals surface area contributed by atoms with Gasteiger partial charge in [-0.1, -0.05) is 13.0 Å². The number of halogens is 3. The minimum atomic E-state index is -4.41. The summed E-state index contributed by atoms with van der Waals surface area (Å²) < 4.78 is 60.9. The van der Waals surface area contributed by atoms with Gasteiger partial charge in [-0.3, -0.25) is 0 Å². The van der Waals surface area contributed by atoms with Crippen LogP contribution < -0.4 is 5.32 Å². The Bertz CT molecular complexity index is 567. The van der Waals surface area contributed by atoms with Gasteiger partial charge < -0.3 is 5.32 Å². The zero-order chi connectivity index (χ0) is 15.6. The average Bonchev–Trinajstić information content (AvgIpc) is 2.30. The lowest BCUT2D eigenvalue weighted by Crippen LogP contribution is -2.27. The molecule has 1 unspecified atom stereocenters. The Hall–Kier alpha value is -1.24. The molecule has 0 aliphatic carbocycles. The van der Waals surface area contributed by atoms with Gasteiger partial charge in [-0.25, -0.2) is 8.42 Å². The second-order valence-electron chi connectivity index (χ2n) is 4.77. The third-order valence-corrected chi connectivity index (χ3v) is 4.80. The van der Waals surface area contributed by atoms with Gasteiger partial charge in [0.2, 0.25) is 0 Å². The van der Waals surface area contributed by atoms with E-state index in [0.717, 1.165) is 12.1 Å². The van der Waals surface area contributed by atoms with Crippen LogP contribution in [0.25, 0.3) is 0 Å². The van der Waals surface area contributed by atoms with E-state index in [4.69, 9.17) is 0 Å². The summed E-state index contributed by atoms with van der Waals surface area (Å²) in [6, 6.07) is 2.92. The van der Waals surface area contributed by atoms with Crippen molar-refractivity contribution in [3.63, 3.8) is 0 Å². The zero-order valence-corrected chi connectivity index (χ0v) is 12.4. The zero-order valence-electron chi connectivity index (χ0n) is 11.6. The molecule has 0 radical (unpaired) electrons. The third kappa shape index (κ3) is 4.70. The van der Waals surface area contributed by atoms with Gasteiger partial charge in [0, 0.05) is 17.5 Å². The first-order valence-corrected chi connectivity index (χ1v) is 8.02. The van der Waals surface area contributed by atoms with Crippen molar-refractivity contribution in [1.29, 1.82) is 0 Å². The molecule has 0 aliphatic rings. The fourth-order valence-electron chi connectivity index (χ4n) is 1.76. The Morgan fingerprint density at radius 1 is 1.30 bits per heavy atom. The van der Waals surface area contributed by atoms with Gasteiger partial charge in [0.15, 0.2) is 9.84 Å². The summed E-state index contributed by atoms with van der Waals surface area (Å²) in [5.41, 5.74) is 0.188. The second kappa shape index (κ2) is 6.03. The predicted molar refractivity (Wildman–Crippen MR) is 73.6 cm³/mol. The maximum Gasteiger partial charge on any atom is 0.416 e. The molecule has 0 bridgehead atoms. The minimum absolute atomic E-state index is 0.0145. The number of aryl methyl sites for hydroxylation is 1. The van der Waals surface area contributed by atoms with Crippen molar-refractivity contribution in [3.05, 3.63) is 29.3 Å². The molecule has 0 saturated carbocycles. The maximum absolute atomic E-state index is 12.6. The number of hydrogen-bond acceptors (Lipinski definition) is 3. The number of alkyl halides is 3. The summed E-state index contributed by atoms with van der Waals surface area (Å²) in [6.45, 7) is 4.84. The largest absolute Gasteiger partial charge is 0.416 e. The van der Waals surface area contributed by atoms with Crippen molar-refractivity contribution >= 4 is 15.5 Å².